The van der Waals surface area contributed by atoms with Crippen LogP contribution in [0.15, 0.2) is 18.2 Å². The van der Waals surface area contributed by atoms with Crippen LogP contribution in [0.5, 0.6) is 11.5 Å². The molecule has 0 aromatic heterocycles. The van der Waals surface area contributed by atoms with Gasteiger partial charge in [-0.2, -0.15) is 0 Å². The monoisotopic (exact) mass is 265 g/mol. The SMILES string of the molecule is CCOc1cccc(CNC2CCCCC2O)c1O. The number of phenols is 1. The number of phenolic OH excluding ortho intramolecular Hbond substituents is 1. The molecule has 1 aromatic rings. The Hall–Kier alpha value is -1.26. The smallest absolute Gasteiger partial charge is 0.162 e. The van der Waals surface area contributed by atoms with Gasteiger partial charge >= 0.3 is 0 Å². The summed E-state index contributed by atoms with van der Waals surface area (Å²) in [5, 5.41) is 23.3. The number of aliphatic hydroxyl groups is 1. The van der Waals surface area contributed by atoms with E-state index in [-0.39, 0.29) is 17.9 Å². The number of nitrogens with one attached hydrogen (secondary N) is 1. The normalized spacial score (nSPS) is 23.3. The molecule has 1 saturated carbocycles. The predicted octanol–water partition coefficient (Wildman–Crippen LogP) is 2.18. The highest BCUT2D eigenvalue weighted by Gasteiger charge is 2.22. The molecule has 1 fully saturated rings. The van der Waals surface area contributed by atoms with Crippen LogP contribution in [0.3, 0.4) is 0 Å². The van der Waals surface area contributed by atoms with E-state index in [1.807, 2.05) is 19.1 Å². The highest BCUT2D eigenvalue weighted by molar-refractivity contribution is 5.45. The number of ether oxygens (including phenoxy) is 1. The summed E-state index contributed by atoms with van der Waals surface area (Å²) >= 11 is 0. The number of aliphatic hydroxyl groups excluding tert-OH is 1. The molecule has 1 aliphatic rings. The Morgan fingerprint density at radius 1 is 1.32 bits per heavy atom. The zero-order valence-electron chi connectivity index (χ0n) is 11.4. The lowest BCUT2D eigenvalue weighted by Gasteiger charge is -2.28. The lowest BCUT2D eigenvalue weighted by Crippen LogP contribution is -2.41. The third kappa shape index (κ3) is 3.61. The van der Waals surface area contributed by atoms with Gasteiger partial charge in [0.25, 0.3) is 0 Å². The van der Waals surface area contributed by atoms with Gasteiger partial charge in [0.2, 0.25) is 0 Å². The summed E-state index contributed by atoms with van der Waals surface area (Å²) in [6, 6.07) is 5.64. The molecule has 3 N–H and O–H groups in total. The zero-order valence-corrected chi connectivity index (χ0v) is 11.4. The third-order valence-corrected chi connectivity index (χ3v) is 3.67. The van der Waals surface area contributed by atoms with Gasteiger partial charge in [-0.05, 0) is 25.8 Å². The van der Waals surface area contributed by atoms with Crippen molar-refractivity contribution in [1.82, 2.24) is 5.32 Å². The van der Waals surface area contributed by atoms with Crippen molar-refractivity contribution < 1.29 is 14.9 Å². The summed E-state index contributed by atoms with van der Waals surface area (Å²) in [7, 11) is 0. The summed E-state index contributed by atoms with van der Waals surface area (Å²) in [4.78, 5) is 0. The minimum absolute atomic E-state index is 0.129. The average molecular weight is 265 g/mol. The minimum Gasteiger partial charge on any atom is -0.504 e. The Balaban J connectivity index is 1.97. The number of rotatable bonds is 5. The largest absolute Gasteiger partial charge is 0.504 e. The third-order valence-electron chi connectivity index (χ3n) is 3.67. The summed E-state index contributed by atoms with van der Waals surface area (Å²) in [5.41, 5.74) is 0.809. The number of hydrogen-bond donors (Lipinski definition) is 3. The first kappa shape index (κ1) is 14.2. The molecule has 2 rings (SSSR count). The average Bonchev–Trinajstić information content (AvgIpc) is 2.42. The van der Waals surface area contributed by atoms with Gasteiger partial charge in [0, 0.05) is 18.2 Å². The fourth-order valence-corrected chi connectivity index (χ4v) is 2.57. The summed E-state index contributed by atoms with van der Waals surface area (Å²) in [5.74, 6) is 0.716. The van der Waals surface area contributed by atoms with Crippen LogP contribution in [-0.4, -0.2) is 29.0 Å². The van der Waals surface area contributed by atoms with Gasteiger partial charge in [0.1, 0.15) is 0 Å². The number of benzene rings is 1. The maximum absolute atomic E-state index is 10.1. The van der Waals surface area contributed by atoms with E-state index in [1.54, 1.807) is 6.07 Å². The van der Waals surface area contributed by atoms with E-state index >= 15 is 0 Å². The molecule has 1 aliphatic carbocycles. The molecule has 0 bridgehead atoms. The van der Waals surface area contributed by atoms with E-state index in [0.29, 0.717) is 18.9 Å². The van der Waals surface area contributed by atoms with Crippen LogP contribution in [0.1, 0.15) is 38.2 Å². The van der Waals surface area contributed by atoms with Gasteiger partial charge in [-0.1, -0.05) is 25.0 Å². The second-order valence-corrected chi connectivity index (χ2v) is 5.04. The van der Waals surface area contributed by atoms with Crippen molar-refractivity contribution in [3.05, 3.63) is 23.8 Å². The molecule has 1 aromatic carbocycles. The number of aromatic hydroxyl groups is 1. The molecule has 19 heavy (non-hydrogen) atoms. The second-order valence-electron chi connectivity index (χ2n) is 5.04. The Bertz CT molecular complexity index is 408. The van der Waals surface area contributed by atoms with Crippen molar-refractivity contribution in [2.75, 3.05) is 6.61 Å². The fourth-order valence-electron chi connectivity index (χ4n) is 2.57. The first-order chi connectivity index (χ1) is 9.22. The molecule has 4 nitrogen and oxygen atoms in total. The zero-order chi connectivity index (χ0) is 13.7. The lowest BCUT2D eigenvalue weighted by atomic mass is 9.92. The van der Waals surface area contributed by atoms with Crippen molar-refractivity contribution in [2.45, 2.75) is 51.3 Å². The van der Waals surface area contributed by atoms with E-state index < -0.39 is 0 Å². The second kappa shape index (κ2) is 6.78. The summed E-state index contributed by atoms with van der Waals surface area (Å²) in [6.07, 6.45) is 3.84. The highest BCUT2D eigenvalue weighted by Crippen LogP contribution is 2.30. The Kier molecular flexibility index (Phi) is 5.05. The van der Waals surface area contributed by atoms with E-state index in [9.17, 15) is 10.2 Å². The first-order valence-corrected chi connectivity index (χ1v) is 7.07. The van der Waals surface area contributed by atoms with Crippen LogP contribution >= 0.6 is 0 Å². The van der Waals surface area contributed by atoms with Gasteiger partial charge in [0.15, 0.2) is 11.5 Å². The Labute approximate surface area is 114 Å². The molecule has 0 amide bonds. The molecular weight excluding hydrogens is 242 g/mol. The maximum Gasteiger partial charge on any atom is 0.162 e. The molecule has 4 heteroatoms. The Morgan fingerprint density at radius 2 is 2.11 bits per heavy atom. The van der Waals surface area contributed by atoms with Crippen LogP contribution in [0, 0.1) is 0 Å². The van der Waals surface area contributed by atoms with Crippen molar-refractivity contribution >= 4 is 0 Å². The van der Waals surface area contributed by atoms with Gasteiger partial charge in [0.05, 0.1) is 12.7 Å². The van der Waals surface area contributed by atoms with Gasteiger partial charge < -0.3 is 20.3 Å². The lowest BCUT2D eigenvalue weighted by molar-refractivity contribution is 0.0901. The van der Waals surface area contributed by atoms with Crippen LogP contribution in [0.25, 0.3) is 0 Å². The van der Waals surface area contributed by atoms with E-state index in [1.165, 1.54) is 0 Å². The molecule has 106 valence electrons. The molecular formula is C15H23NO3. The highest BCUT2D eigenvalue weighted by atomic mass is 16.5. The number of hydrogen-bond acceptors (Lipinski definition) is 4. The first-order valence-electron chi connectivity index (χ1n) is 7.07. The molecule has 0 heterocycles. The van der Waals surface area contributed by atoms with E-state index in [4.69, 9.17) is 4.74 Å². The standard InChI is InChI=1S/C15H23NO3/c1-2-19-14-9-5-6-11(15(14)18)10-16-12-7-3-4-8-13(12)17/h5-6,9,12-13,16-18H,2-4,7-8,10H2,1H3. The van der Waals surface area contributed by atoms with E-state index in [2.05, 4.69) is 5.32 Å². The summed E-state index contributed by atoms with van der Waals surface area (Å²) in [6.45, 7) is 2.98. The molecule has 0 aliphatic heterocycles. The molecule has 0 radical (unpaired) electrons. The van der Waals surface area contributed by atoms with Crippen LogP contribution in [0.4, 0.5) is 0 Å². The molecule has 0 saturated heterocycles. The predicted molar refractivity (Wildman–Crippen MR) is 74.4 cm³/mol. The van der Waals surface area contributed by atoms with Gasteiger partial charge in [-0.15, -0.1) is 0 Å². The maximum atomic E-state index is 10.1. The molecule has 2 unspecified atom stereocenters. The minimum atomic E-state index is -0.272. The van der Waals surface area contributed by atoms with Crippen LogP contribution in [0.2, 0.25) is 0 Å². The van der Waals surface area contributed by atoms with Crippen molar-refractivity contribution in [3.8, 4) is 11.5 Å². The van der Waals surface area contributed by atoms with Crippen molar-refractivity contribution in [2.24, 2.45) is 0 Å². The summed E-state index contributed by atoms with van der Waals surface area (Å²) < 4.78 is 5.36. The fraction of sp³-hybridized carbons (Fsp3) is 0.600. The topological polar surface area (TPSA) is 61.7 Å². The van der Waals surface area contributed by atoms with Gasteiger partial charge in [-0.25, -0.2) is 0 Å². The van der Waals surface area contributed by atoms with E-state index in [0.717, 1.165) is 31.2 Å². The van der Waals surface area contributed by atoms with Crippen molar-refractivity contribution in [1.29, 1.82) is 0 Å². The van der Waals surface area contributed by atoms with Gasteiger partial charge in [-0.3, -0.25) is 0 Å². The molecule has 0 spiro atoms. The quantitative estimate of drug-likeness (QED) is 0.763. The Morgan fingerprint density at radius 3 is 2.84 bits per heavy atom. The van der Waals surface area contributed by atoms with Crippen LogP contribution < -0.4 is 10.1 Å². The van der Waals surface area contributed by atoms with Crippen LogP contribution in [-0.2, 0) is 6.54 Å². The number of para-hydroxylation sites is 1. The van der Waals surface area contributed by atoms with Crippen molar-refractivity contribution in [3.63, 3.8) is 0 Å². The molecule has 2 atom stereocenters.